The summed E-state index contributed by atoms with van der Waals surface area (Å²) >= 11 is 0. The van der Waals surface area contributed by atoms with Crippen molar-refractivity contribution in [2.45, 2.75) is 11.4 Å². The van der Waals surface area contributed by atoms with Crippen LogP contribution in [0.4, 0.5) is 8.78 Å². The zero-order chi connectivity index (χ0) is 15.5. The van der Waals surface area contributed by atoms with Crippen LogP contribution in [0.2, 0.25) is 0 Å². The highest BCUT2D eigenvalue weighted by Gasteiger charge is 2.19. The maximum absolute atomic E-state index is 13.5. The van der Waals surface area contributed by atoms with E-state index in [2.05, 4.69) is 4.72 Å². The first kappa shape index (κ1) is 15.4. The molecule has 0 aliphatic heterocycles. The molecular weight excluding hydrogens is 300 g/mol. The van der Waals surface area contributed by atoms with Crippen LogP contribution in [0, 0.1) is 11.6 Å². The Morgan fingerprint density at radius 2 is 1.76 bits per heavy atom. The lowest BCUT2D eigenvalue weighted by molar-refractivity contribution is 0.414. The van der Waals surface area contributed by atoms with Crippen LogP contribution in [-0.4, -0.2) is 15.5 Å². The molecule has 0 spiro atoms. The largest absolute Gasteiger partial charge is 0.497 e. The molecule has 112 valence electrons. The van der Waals surface area contributed by atoms with Gasteiger partial charge in [-0.05, 0) is 35.9 Å². The Balaban J connectivity index is 2.15. The van der Waals surface area contributed by atoms with Crippen LogP contribution in [-0.2, 0) is 16.6 Å². The summed E-state index contributed by atoms with van der Waals surface area (Å²) in [5.41, 5.74) is 0.663. The van der Waals surface area contributed by atoms with E-state index in [1.54, 1.807) is 24.3 Å². The highest BCUT2D eigenvalue weighted by molar-refractivity contribution is 7.89. The molecule has 0 radical (unpaired) electrons. The van der Waals surface area contributed by atoms with Gasteiger partial charge >= 0.3 is 0 Å². The van der Waals surface area contributed by atoms with E-state index in [1.807, 2.05) is 0 Å². The molecule has 4 nitrogen and oxygen atoms in total. The van der Waals surface area contributed by atoms with Crippen LogP contribution in [0.25, 0.3) is 0 Å². The van der Waals surface area contributed by atoms with Crippen molar-refractivity contribution in [3.8, 4) is 5.75 Å². The monoisotopic (exact) mass is 313 g/mol. The minimum atomic E-state index is -4.12. The zero-order valence-electron chi connectivity index (χ0n) is 11.1. The lowest BCUT2D eigenvalue weighted by atomic mass is 10.2. The number of methoxy groups -OCH3 is 1. The van der Waals surface area contributed by atoms with Gasteiger partial charge in [0.15, 0.2) is 0 Å². The van der Waals surface area contributed by atoms with Gasteiger partial charge in [-0.25, -0.2) is 21.9 Å². The summed E-state index contributed by atoms with van der Waals surface area (Å²) in [6, 6.07) is 8.96. The molecule has 0 aliphatic rings. The molecule has 2 aromatic rings. The Morgan fingerprint density at radius 3 is 2.38 bits per heavy atom. The molecule has 2 rings (SSSR count). The van der Waals surface area contributed by atoms with E-state index in [-0.39, 0.29) is 6.54 Å². The number of rotatable bonds is 5. The van der Waals surface area contributed by atoms with E-state index >= 15 is 0 Å². The van der Waals surface area contributed by atoms with Crippen LogP contribution in [0.5, 0.6) is 5.75 Å². The topological polar surface area (TPSA) is 55.4 Å². The Kier molecular flexibility index (Phi) is 4.54. The van der Waals surface area contributed by atoms with Crippen LogP contribution >= 0.6 is 0 Å². The number of sulfonamides is 1. The quantitative estimate of drug-likeness (QED) is 0.922. The minimum absolute atomic E-state index is 0.0394. The summed E-state index contributed by atoms with van der Waals surface area (Å²) in [7, 11) is -2.61. The molecule has 0 amide bonds. The van der Waals surface area contributed by atoms with Crippen LogP contribution < -0.4 is 9.46 Å². The van der Waals surface area contributed by atoms with Gasteiger partial charge in [0.1, 0.15) is 22.3 Å². The van der Waals surface area contributed by atoms with Gasteiger partial charge in [0.25, 0.3) is 0 Å². The summed E-state index contributed by atoms with van der Waals surface area (Å²) < 4.78 is 57.7. The lowest BCUT2D eigenvalue weighted by Crippen LogP contribution is -2.24. The van der Waals surface area contributed by atoms with Gasteiger partial charge < -0.3 is 4.74 Å². The van der Waals surface area contributed by atoms with Gasteiger partial charge in [-0.1, -0.05) is 12.1 Å². The fourth-order valence-corrected chi connectivity index (χ4v) is 2.79. The third-order valence-electron chi connectivity index (χ3n) is 2.81. The Bertz CT molecular complexity index is 730. The number of nitrogens with one attached hydrogen (secondary N) is 1. The standard InChI is InChI=1S/C14H13F2NO3S/c1-20-12-5-2-10(3-6-12)9-17-21(18,19)14-8-11(15)4-7-13(14)16/h2-8,17H,9H2,1H3. The molecule has 2 aromatic carbocycles. The Labute approximate surface area is 121 Å². The summed E-state index contributed by atoms with van der Waals surface area (Å²) in [5.74, 6) is -1.18. The summed E-state index contributed by atoms with van der Waals surface area (Å²) in [6.45, 7) is -0.0394. The highest BCUT2D eigenvalue weighted by Crippen LogP contribution is 2.16. The van der Waals surface area contributed by atoms with E-state index in [1.165, 1.54) is 7.11 Å². The smallest absolute Gasteiger partial charge is 0.243 e. The van der Waals surface area contributed by atoms with Crippen molar-refractivity contribution < 1.29 is 21.9 Å². The first-order valence-corrected chi connectivity index (χ1v) is 7.48. The molecule has 1 N–H and O–H groups in total. The maximum Gasteiger partial charge on any atom is 0.243 e. The summed E-state index contributed by atoms with van der Waals surface area (Å²) in [6.07, 6.45) is 0. The second-order valence-electron chi connectivity index (χ2n) is 4.25. The number of benzene rings is 2. The van der Waals surface area contributed by atoms with E-state index in [0.29, 0.717) is 17.4 Å². The van der Waals surface area contributed by atoms with E-state index < -0.39 is 26.6 Å². The van der Waals surface area contributed by atoms with Gasteiger partial charge in [0.05, 0.1) is 7.11 Å². The average molecular weight is 313 g/mol. The molecule has 0 fully saturated rings. The minimum Gasteiger partial charge on any atom is -0.497 e. The van der Waals surface area contributed by atoms with Crippen molar-refractivity contribution in [1.29, 1.82) is 0 Å². The fraction of sp³-hybridized carbons (Fsp3) is 0.143. The molecule has 0 unspecified atom stereocenters. The van der Waals surface area contributed by atoms with Gasteiger partial charge in [-0.3, -0.25) is 0 Å². The van der Waals surface area contributed by atoms with Crippen molar-refractivity contribution in [3.63, 3.8) is 0 Å². The van der Waals surface area contributed by atoms with Gasteiger partial charge in [0, 0.05) is 6.54 Å². The van der Waals surface area contributed by atoms with Crippen molar-refractivity contribution in [1.82, 2.24) is 4.72 Å². The molecule has 21 heavy (non-hydrogen) atoms. The molecule has 0 aliphatic carbocycles. The Hall–Kier alpha value is -1.99. The molecule has 0 bridgehead atoms. The highest BCUT2D eigenvalue weighted by atomic mass is 32.2. The van der Waals surface area contributed by atoms with E-state index in [0.717, 1.165) is 12.1 Å². The van der Waals surface area contributed by atoms with Crippen LogP contribution in [0.3, 0.4) is 0 Å². The average Bonchev–Trinajstić information content (AvgIpc) is 2.48. The number of ether oxygens (including phenoxy) is 1. The van der Waals surface area contributed by atoms with E-state index in [9.17, 15) is 17.2 Å². The first-order chi connectivity index (χ1) is 9.92. The lowest BCUT2D eigenvalue weighted by Gasteiger charge is -2.08. The van der Waals surface area contributed by atoms with Crippen molar-refractivity contribution >= 4 is 10.0 Å². The molecule has 7 heteroatoms. The zero-order valence-corrected chi connectivity index (χ0v) is 12.0. The third-order valence-corrected chi connectivity index (χ3v) is 4.22. The molecular formula is C14H13F2NO3S. The van der Waals surface area contributed by atoms with Gasteiger partial charge in [0.2, 0.25) is 10.0 Å². The third kappa shape index (κ3) is 3.77. The van der Waals surface area contributed by atoms with Gasteiger partial charge in [-0.2, -0.15) is 0 Å². The number of hydrogen-bond acceptors (Lipinski definition) is 3. The predicted octanol–water partition coefficient (Wildman–Crippen LogP) is 2.45. The summed E-state index contributed by atoms with van der Waals surface area (Å²) in [4.78, 5) is -0.712. The molecule has 0 aromatic heterocycles. The van der Waals surface area contributed by atoms with Crippen molar-refractivity contribution in [3.05, 3.63) is 59.7 Å². The van der Waals surface area contributed by atoms with Crippen LogP contribution in [0.1, 0.15) is 5.56 Å². The molecule has 0 heterocycles. The predicted molar refractivity (Wildman–Crippen MR) is 73.4 cm³/mol. The maximum atomic E-state index is 13.5. The summed E-state index contributed by atoms with van der Waals surface area (Å²) in [5, 5.41) is 0. The first-order valence-electron chi connectivity index (χ1n) is 6.00. The Morgan fingerprint density at radius 1 is 1.10 bits per heavy atom. The van der Waals surface area contributed by atoms with E-state index in [4.69, 9.17) is 4.74 Å². The van der Waals surface area contributed by atoms with Gasteiger partial charge in [-0.15, -0.1) is 0 Å². The SMILES string of the molecule is COc1ccc(CNS(=O)(=O)c2cc(F)ccc2F)cc1. The second kappa shape index (κ2) is 6.19. The number of halogens is 2. The van der Waals surface area contributed by atoms with Crippen molar-refractivity contribution in [2.75, 3.05) is 7.11 Å². The number of hydrogen-bond donors (Lipinski definition) is 1. The fourth-order valence-electron chi connectivity index (χ4n) is 1.68. The molecule has 0 atom stereocenters. The normalized spacial score (nSPS) is 11.4. The molecule has 0 saturated carbocycles. The second-order valence-corrected chi connectivity index (χ2v) is 5.98. The van der Waals surface area contributed by atoms with Crippen LogP contribution in [0.15, 0.2) is 47.4 Å². The molecule has 0 saturated heterocycles. The van der Waals surface area contributed by atoms with Crippen molar-refractivity contribution in [2.24, 2.45) is 0 Å².